The summed E-state index contributed by atoms with van der Waals surface area (Å²) in [6.07, 6.45) is 1.70. The van der Waals surface area contributed by atoms with E-state index < -0.39 is 5.82 Å². The van der Waals surface area contributed by atoms with Crippen LogP contribution in [0.1, 0.15) is 5.56 Å². The normalized spacial score (nSPS) is 10.8. The number of pyridine rings is 1. The quantitative estimate of drug-likeness (QED) is 0.709. The van der Waals surface area contributed by atoms with Crippen LogP contribution in [0.4, 0.5) is 10.1 Å². The number of nitrogens with zero attached hydrogens (tertiary/aromatic N) is 1. The molecular formula is C16H11Cl2FN2. The largest absolute Gasteiger partial charge is 0.379 e. The van der Waals surface area contributed by atoms with Gasteiger partial charge in [-0.25, -0.2) is 4.39 Å². The van der Waals surface area contributed by atoms with Crippen LogP contribution in [0.3, 0.4) is 0 Å². The molecule has 1 aromatic heterocycles. The van der Waals surface area contributed by atoms with Gasteiger partial charge in [0.15, 0.2) is 0 Å². The molecule has 1 heterocycles. The molecule has 106 valence electrons. The molecule has 0 spiro atoms. The van der Waals surface area contributed by atoms with Gasteiger partial charge in [0.1, 0.15) is 5.82 Å². The van der Waals surface area contributed by atoms with E-state index in [1.54, 1.807) is 24.4 Å². The first-order valence-corrected chi connectivity index (χ1v) is 7.12. The van der Waals surface area contributed by atoms with E-state index in [9.17, 15) is 4.39 Å². The van der Waals surface area contributed by atoms with Crippen molar-refractivity contribution in [1.82, 2.24) is 4.98 Å². The smallest absolute Gasteiger partial charge is 0.146 e. The first-order valence-electron chi connectivity index (χ1n) is 6.37. The van der Waals surface area contributed by atoms with Crippen molar-refractivity contribution in [2.24, 2.45) is 0 Å². The van der Waals surface area contributed by atoms with Crippen molar-refractivity contribution < 1.29 is 4.39 Å². The van der Waals surface area contributed by atoms with E-state index in [0.29, 0.717) is 17.1 Å². The molecule has 0 radical (unpaired) electrons. The topological polar surface area (TPSA) is 24.9 Å². The Labute approximate surface area is 131 Å². The molecule has 1 N–H and O–H groups in total. The summed E-state index contributed by atoms with van der Waals surface area (Å²) < 4.78 is 13.9. The minimum absolute atomic E-state index is 0.119. The van der Waals surface area contributed by atoms with Crippen LogP contribution in [0.2, 0.25) is 10.0 Å². The maximum Gasteiger partial charge on any atom is 0.146 e. The van der Waals surface area contributed by atoms with Gasteiger partial charge < -0.3 is 5.32 Å². The van der Waals surface area contributed by atoms with Crippen LogP contribution in [0, 0.1) is 5.82 Å². The number of aromatic nitrogens is 1. The molecule has 21 heavy (non-hydrogen) atoms. The van der Waals surface area contributed by atoms with Gasteiger partial charge in [-0.2, -0.15) is 0 Å². The molecule has 2 aromatic carbocycles. The minimum atomic E-state index is -0.405. The molecule has 0 aliphatic carbocycles. The Morgan fingerprint density at radius 1 is 1.00 bits per heavy atom. The fourth-order valence-electron chi connectivity index (χ4n) is 2.16. The molecule has 5 heteroatoms. The van der Waals surface area contributed by atoms with Gasteiger partial charge >= 0.3 is 0 Å². The van der Waals surface area contributed by atoms with Crippen molar-refractivity contribution in [3.63, 3.8) is 0 Å². The van der Waals surface area contributed by atoms with Gasteiger partial charge in [0.25, 0.3) is 0 Å². The summed E-state index contributed by atoms with van der Waals surface area (Å²) >= 11 is 11.9. The standard InChI is InChI=1S/C16H11Cl2FN2/c17-12-6-7-14(16-11(12)4-2-8-20-16)21-9-10-3-1-5-13(18)15(10)19/h1-8,21H,9H2. The molecule has 2 nitrogen and oxygen atoms in total. The Bertz CT molecular complexity index is 805. The molecule has 0 unspecified atom stereocenters. The highest BCUT2D eigenvalue weighted by molar-refractivity contribution is 6.35. The van der Waals surface area contributed by atoms with Crippen LogP contribution in [0.5, 0.6) is 0 Å². The highest BCUT2D eigenvalue weighted by Gasteiger charge is 2.08. The van der Waals surface area contributed by atoms with Crippen LogP contribution < -0.4 is 5.32 Å². The fraction of sp³-hybridized carbons (Fsp3) is 0.0625. The van der Waals surface area contributed by atoms with Crippen molar-refractivity contribution in [1.29, 1.82) is 0 Å². The molecule has 3 aromatic rings. The van der Waals surface area contributed by atoms with Crippen LogP contribution in [-0.4, -0.2) is 4.98 Å². The van der Waals surface area contributed by atoms with E-state index in [1.807, 2.05) is 18.2 Å². The minimum Gasteiger partial charge on any atom is -0.379 e. The molecule has 0 bridgehead atoms. The van der Waals surface area contributed by atoms with Crippen LogP contribution in [-0.2, 0) is 6.54 Å². The maximum atomic E-state index is 13.9. The van der Waals surface area contributed by atoms with Gasteiger partial charge in [-0.1, -0.05) is 35.3 Å². The molecule has 0 saturated carbocycles. The predicted octanol–water partition coefficient (Wildman–Crippen LogP) is 5.29. The Hall–Kier alpha value is -1.84. The lowest BCUT2D eigenvalue weighted by Crippen LogP contribution is -2.03. The summed E-state index contributed by atoms with van der Waals surface area (Å²) in [6, 6.07) is 12.3. The van der Waals surface area contributed by atoms with Crippen LogP contribution >= 0.6 is 23.2 Å². The Balaban J connectivity index is 1.92. The van der Waals surface area contributed by atoms with Crippen molar-refractivity contribution in [2.45, 2.75) is 6.54 Å². The van der Waals surface area contributed by atoms with E-state index in [-0.39, 0.29) is 5.02 Å². The van der Waals surface area contributed by atoms with Gasteiger partial charge in [0, 0.05) is 23.7 Å². The second-order valence-electron chi connectivity index (χ2n) is 4.56. The summed E-state index contributed by atoms with van der Waals surface area (Å²) in [5.74, 6) is -0.405. The fourth-order valence-corrected chi connectivity index (χ4v) is 2.57. The number of anilines is 1. The Morgan fingerprint density at radius 3 is 2.71 bits per heavy atom. The summed E-state index contributed by atoms with van der Waals surface area (Å²) in [4.78, 5) is 4.33. The van der Waals surface area contributed by atoms with Gasteiger partial charge in [-0.05, 0) is 30.3 Å². The summed E-state index contributed by atoms with van der Waals surface area (Å²) in [5.41, 5.74) is 2.06. The molecule has 0 amide bonds. The van der Waals surface area contributed by atoms with Gasteiger partial charge in [0.2, 0.25) is 0 Å². The highest BCUT2D eigenvalue weighted by Crippen LogP contribution is 2.28. The zero-order valence-corrected chi connectivity index (χ0v) is 12.4. The van der Waals surface area contributed by atoms with E-state index in [0.717, 1.165) is 16.6 Å². The average Bonchev–Trinajstić information content (AvgIpc) is 2.51. The maximum absolute atomic E-state index is 13.9. The van der Waals surface area contributed by atoms with Gasteiger partial charge in [-0.15, -0.1) is 0 Å². The SMILES string of the molecule is Fc1c(Cl)cccc1CNc1ccc(Cl)c2cccnc12. The molecule has 0 fully saturated rings. The van der Waals surface area contributed by atoms with Crippen molar-refractivity contribution in [3.8, 4) is 0 Å². The summed E-state index contributed by atoms with van der Waals surface area (Å²) in [6.45, 7) is 0.319. The van der Waals surface area contributed by atoms with Crippen molar-refractivity contribution in [2.75, 3.05) is 5.32 Å². The number of hydrogen-bond acceptors (Lipinski definition) is 2. The van der Waals surface area contributed by atoms with E-state index in [2.05, 4.69) is 10.3 Å². The third-order valence-corrected chi connectivity index (χ3v) is 3.84. The lowest BCUT2D eigenvalue weighted by Gasteiger charge is -2.11. The van der Waals surface area contributed by atoms with Gasteiger partial charge in [-0.3, -0.25) is 4.98 Å². The highest BCUT2D eigenvalue weighted by atomic mass is 35.5. The molecule has 3 rings (SSSR count). The lowest BCUT2D eigenvalue weighted by molar-refractivity contribution is 0.613. The number of hydrogen-bond donors (Lipinski definition) is 1. The molecule has 0 saturated heterocycles. The number of halogens is 3. The molecule has 0 aliphatic heterocycles. The average molecular weight is 321 g/mol. The molecule has 0 atom stereocenters. The first kappa shape index (κ1) is 14.1. The zero-order chi connectivity index (χ0) is 14.8. The monoisotopic (exact) mass is 320 g/mol. The molecule has 0 aliphatic rings. The summed E-state index contributed by atoms with van der Waals surface area (Å²) in [7, 11) is 0. The predicted molar refractivity (Wildman–Crippen MR) is 85.5 cm³/mol. The summed E-state index contributed by atoms with van der Waals surface area (Å²) in [5, 5.41) is 4.79. The number of benzene rings is 2. The first-order chi connectivity index (χ1) is 10.2. The van der Waals surface area contributed by atoms with E-state index in [4.69, 9.17) is 23.2 Å². The van der Waals surface area contributed by atoms with Crippen molar-refractivity contribution >= 4 is 39.8 Å². The number of fused-ring (bicyclic) bond motifs is 1. The lowest BCUT2D eigenvalue weighted by atomic mass is 10.1. The van der Waals surface area contributed by atoms with Gasteiger partial charge in [0.05, 0.1) is 21.2 Å². The van der Waals surface area contributed by atoms with Crippen LogP contribution in [0.15, 0.2) is 48.7 Å². The van der Waals surface area contributed by atoms with E-state index in [1.165, 1.54) is 6.07 Å². The van der Waals surface area contributed by atoms with E-state index >= 15 is 0 Å². The Morgan fingerprint density at radius 2 is 1.86 bits per heavy atom. The zero-order valence-electron chi connectivity index (χ0n) is 10.9. The second-order valence-corrected chi connectivity index (χ2v) is 5.38. The molecular weight excluding hydrogens is 310 g/mol. The third kappa shape index (κ3) is 2.80. The Kier molecular flexibility index (Phi) is 3.95. The van der Waals surface area contributed by atoms with Crippen LogP contribution in [0.25, 0.3) is 10.9 Å². The van der Waals surface area contributed by atoms with Crippen molar-refractivity contribution in [3.05, 3.63) is 70.1 Å². The third-order valence-electron chi connectivity index (χ3n) is 3.22. The number of nitrogens with one attached hydrogen (secondary N) is 1. The number of rotatable bonds is 3. The second kappa shape index (κ2) is 5.88.